The van der Waals surface area contributed by atoms with E-state index in [0.29, 0.717) is 5.56 Å². The van der Waals surface area contributed by atoms with E-state index in [0.717, 1.165) is 5.56 Å². The largest absolute Gasteiger partial charge is 0.324 e. The summed E-state index contributed by atoms with van der Waals surface area (Å²) in [4.78, 5) is 19.5. The van der Waals surface area contributed by atoms with Crippen LogP contribution in [0.1, 0.15) is 28.4 Å². The van der Waals surface area contributed by atoms with Gasteiger partial charge in [0.2, 0.25) is 0 Å². The minimum absolute atomic E-state index is 0.0399. The number of rotatable bonds is 4. The smallest absolute Gasteiger partial charge is 0.167 e. The molecule has 2 rings (SSSR count). The summed E-state index contributed by atoms with van der Waals surface area (Å²) in [6, 6.07) is 9.28. The molecule has 0 aliphatic carbocycles. The summed E-state index contributed by atoms with van der Waals surface area (Å²) in [5.74, 6) is -0.0399. The predicted molar refractivity (Wildman–Crippen MR) is 64.3 cm³/mol. The van der Waals surface area contributed by atoms with Gasteiger partial charge in [-0.2, -0.15) is 0 Å². The second-order valence-corrected chi connectivity index (χ2v) is 3.77. The van der Waals surface area contributed by atoms with Gasteiger partial charge in [-0.3, -0.25) is 4.79 Å². The minimum Gasteiger partial charge on any atom is -0.324 e. The molecule has 0 bridgehead atoms. The normalized spacial score (nSPS) is 12.1. The number of nitrogens with two attached hydrogens (primary N) is 1. The first kappa shape index (κ1) is 11.4. The van der Waals surface area contributed by atoms with E-state index in [1.807, 2.05) is 30.3 Å². The minimum atomic E-state index is -0.288. The predicted octanol–water partition coefficient (Wildman–Crippen LogP) is 1.75. The van der Waals surface area contributed by atoms with Gasteiger partial charge in [-0.05, 0) is 5.56 Å². The highest BCUT2D eigenvalue weighted by molar-refractivity contribution is 5.95. The molecule has 0 aliphatic heterocycles. The third-order valence-electron chi connectivity index (χ3n) is 2.52. The molecule has 17 heavy (non-hydrogen) atoms. The summed E-state index contributed by atoms with van der Waals surface area (Å²) >= 11 is 0. The summed E-state index contributed by atoms with van der Waals surface area (Å²) in [7, 11) is 0. The van der Waals surface area contributed by atoms with Gasteiger partial charge in [-0.25, -0.2) is 9.97 Å². The Morgan fingerprint density at radius 2 is 1.82 bits per heavy atom. The first-order chi connectivity index (χ1) is 8.27. The monoisotopic (exact) mass is 227 g/mol. The first-order valence-corrected chi connectivity index (χ1v) is 5.36. The van der Waals surface area contributed by atoms with E-state index in [1.54, 1.807) is 0 Å². The number of hydrogen-bond donors (Lipinski definition) is 1. The highest BCUT2D eigenvalue weighted by Gasteiger charge is 2.13. The molecule has 0 aliphatic rings. The van der Waals surface area contributed by atoms with Crippen molar-refractivity contribution in [2.45, 2.75) is 12.5 Å². The molecule has 2 N–H and O–H groups in total. The van der Waals surface area contributed by atoms with E-state index in [4.69, 9.17) is 5.73 Å². The second kappa shape index (κ2) is 5.32. The summed E-state index contributed by atoms with van der Waals surface area (Å²) in [6.07, 6.45) is 4.67. The van der Waals surface area contributed by atoms with E-state index in [2.05, 4.69) is 9.97 Å². The molecule has 1 heterocycles. The first-order valence-electron chi connectivity index (χ1n) is 5.36. The topological polar surface area (TPSA) is 68.9 Å². The van der Waals surface area contributed by atoms with E-state index in [1.165, 1.54) is 18.7 Å². The molecule has 0 amide bonds. The number of hydrogen-bond acceptors (Lipinski definition) is 4. The zero-order valence-electron chi connectivity index (χ0n) is 9.28. The maximum atomic E-state index is 11.9. The zero-order valence-corrected chi connectivity index (χ0v) is 9.28. The Hall–Kier alpha value is -2.07. The van der Waals surface area contributed by atoms with Crippen LogP contribution >= 0.6 is 0 Å². The van der Waals surface area contributed by atoms with Crippen LogP contribution in [0.2, 0.25) is 0 Å². The molecule has 4 heteroatoms. The highest BCUT2D eigenvalue weighted by atomic mass is 16.1. The molecular weight excluding hydrogens is 214 g/mol. The molecule has 4 nitrogen and oxygen atoms in total. The van der Waals surface area contributed by atoms with Crippen molar-refractivity contribution in [3.63, 3.8) is 0 Å². The van der Waals surface area contributed by atoms with Gasteiger partial charge in [0.15, 0.2) is 5.78 Å². The van der Waals surface area contributed by atoms with Gasteiger partial charge < -0.3 is 5.73 Å². The fraction of sp³-hybridized carbons (Fsp3) is 0.154. The maximum absolute atomic E-state index is 11.9. The fourth-order valence-corrected chi connectivity index (χ4v) is 1.58. The lowest BCUT2D eigenvalue weighted by molar-refractivity contribution is 0.0973. The van der Waals surface area contributed by atoms with Gasteiger partial charge in [0.05, 0.1) is 5.56 Å². The Morgan fingerprint density at radius 1 is 1.18 bits per heavy atom. The van der Waals surface area contributed by atoms with Gasteiger partial charge in [-0.1, -0.05) is 30.3 Å². The fourth-order valence-electron chi connectivity index (χ4n) is 1.58. The Labute approximate surface area is 99.5 Å². The van der Waals surface area contributed by atoms with Crippen LogP contribution in [0.4, 0.5) is 0 Å². The summed E-state index contributed by atoms with van der Waals surface area (Å²) in [5, 5.41) is 0. The van der Waals surface area contributed by atoms with Crippen LogP contribution in [-0.4, -0.2) is 15.8 Å². The van der Waals surface area contributed by atoms with Crippen molar-refractivity contribution in [3.8, 4) is 0 Å². The average Bonchev–Trinajstić information content (AvgIpc) is 2.40. The number of Topliss-reactive ketones (excluding diaryl/α,β-unsaturated/α-hetero) is 1. The standard InChI is InChI=1S/C13H13N3O/c14-12(10-4-2-1-3-5-10)6-13(17)11-7-15-9-16-8-11/h1-5,7-9,12H,6,14H2. The molecule has 0 saturated carbocycles. The van der Waals surface area contributed by atoms with Crippen LogP contribution in [0.3, 0.4) is 0 Å². The van der Waals surface area contributed by atoms with Crippen LogP contribution in [0, 0.1) is 0 Å². The molecule has 0 saturated heterocycles. The molecule has 1 unspecified atom stereocenters. The van der Waals surface area contributed by atoms with Crippen LogP contribution in [0.5, 0.6) is 0 Å². The van der Waals surface area contributed by atoms with Gasteiger partial charge in [-0.15, -0.1) is 0 Å². The lowest BCUT2D eigenvalue weighted by Gasteiger charge is -2.10. The number of carbonyl (C=O) groups excluding carboxylic acids is 1. The van der Waals surface area contributed by atoms with Crippen molar-refractivity contribution in [2.24, 2.45) is 5.73 Å². The van der Waals surface area contributed by atoms with E-state index in [-0.39, 0.29) is 18.2 Å². The lowest BCUT2D eigenvalue weighted by Crippen LogP contribution is -2.15. The molecule has 2 aromatic rings. The molecule has 0 fully saturated rings. The van der Waals surface area contributed by atoms with E-state index >= 15 is 0 Å². The molecule has 0 radical (unpaired) electrons. The van der Waals surface area contributed by atoms with E-state index < -0.39 is 0 Å². The van der Waals surface area contributed by atoms with Crippen LogP contribution < -0.4 is 5.73 Å². The summed E-state index contributed by atoms with van der Waals surface area (Å²) in [6.45, 7) is 0. The van der Waals surface area contributed by atoms with Gasteiger partial charge in [0.1, 0.15) is 6.33 Å². The van der Waals surface area contributed by atoms with Crippen LogP contribution in [-0.2, 0) is 0 Å². The number of carbonyl (C=O) groups is 1. The Bertz CT molecular complexity index is 485. The van der Waals surface area contributed by atoms with Crippen LogP contribution in [0.15, 0.2) is 49.1 Å². The maximum Gasteiger partial charge on any atom is 0.167 e. The van der Waals surface area contributed by atoms with Crippen molar-refractivity contribution in [2.75, 3.05) is 0 Å². The van der Waals surface area contributed by atoms with Crippen molar-refractivity contribution in [1.82, 2.24) is 9.97 Å². The molecule has 1 atom stereocenters. The van der Waals surface area contributed by atoms with Crippen molar-refractivity contribution in [1.29, 1.82) is 0 Å². The number of aromatic nitrogens is 2. The van der Waals surface area contributed by atoms with Gasteiger partial charge in [0.25, 0.3) is 0 Å². The van der Waals surface area contributed by atoms with Crippen LogP contribution in [0.25, 0.3) is 0 Å². The lowest BCUT2D eigenvalue weighted by atomic mass is 10.0. The van der Waals surface area contributed by atoms with Crippen molar-refractivity contribution in [3.05, 3.63) is 60.2 Å². The zero-order chi connectivity index (χ0) is 12.1. The van der Waals surface area contributed by atoms with Gasteiger partial charge in [0, 0.05) is 24.9 Å². The van der Waals surface area contributed by atoms with Crippen molar-refractivity contribution >= 4 is 5.78 Å². The molecule has 86 valence electrons. The number of ketones is 1. The number of benzene rings is 1. The Kier molecular flexibility index (Phi) is 3.57. The highest BCUT2D eigenvalue weighted by Crippen LogP contribution is 2.15. The van der Waals surface area contributed by atoms with Crippen molar-refractivity contribution < 1.29 is 4.79 Å². The second-order valence-electron chi connectivity index (χ2n) is 3.77. The third kappa shape index (κ3) is 2.95. The van der Waals surface area contributed by atoms with Gasteiger partial charge >= 0.3 is 0 Å². The quantitative estimate of drug-likeness (QED) is 0.808. The SMILES string of the molecule is NC(CC(=O)c1cncnc1)c1ccccc1. The summed E-state index contributed by atoms with van der Waals surface area (Å²) in [5.41, 5.74) is 7.43. The molecule has 0 spiro atoms. The molecule has 1 aromatic carbocycles. The summed E-state index contributed by atoms with van der Waals surface area (Å²) < 4.78 is 0. The molecule has 1 aromatic heterocycles. The Morgan fingerprint density at radius 3 is 2.47 bits per heavy atom. The van der Waals surface area contributed by atoms with E-state index in [9.17, 15) is 4.79 Å². The molecular formula is C13H13N3O. The number of nitrogens with zero attached hydrogens (tertiary/aromatic N) is 2. The third-order valence-corrected chi connectivity index (χ3v) is 2.52. The Balaban J connectivity index is 2.05. The average molecular weight is 227 g/mol.